The minimum Gasteiger partial charge on any atom is -0.438 e. The lowest BCUT2D eigenvalue weighted by Crippen LogP contribution is -2.40. The zero-order valence-electron chi connectivity index (χ0n) is 12.7. The van der Waals surface area contributed by atoms with E-state index in [4.69, 9.17) is 9.52 Å². The third kappa shape index (κ3) is 4.83. The molecule has 1 aromatic heterocycles. The quantitative estimate of drug-likeness (QED) is 0.808. The van der Waals surface area contributed by atoms with E-state index in [1.807, 2.05) is 0 Å². The zero-order valence-corrected chi connectivity index (χ0v) is 13.5. The molecule has 0 fully saturated rings. The molecule has 0 bridgehead atoms. The molecule has 1 amide bonds. The van der Waals surface area contributed by atoms with E-state index in [1.54, 1.807) is 27.7 Å². The van der Waals surface area contributed by atoms with E-state index in [0.717, 1.165) is 0 Å². The van der Waals surface area contributed by atoms with Crippen molar-refractivity contribution in [1.82, 2.24) is 9.62 Å². The maximum absolute atomic E-state index is 12.1. The van der Waals surface area contributed by atoms with Crippen LogP contribution in [0.3, 0.4) is 0 Å². The van der Waals surface area contributed by atoms with Crippen molar-refractivity contribution in [2.24, 2.45) is 0 Å². The van der Waals surface area contributed by atoms with Crippen LogP contribution in [0.4, 0.5) is 0 Å². The number of rotatable bonds is 6. The molecule has 7 nitrogen and oxygen atoms in total. The van der Waals surface area contributed by atoms with Gasteiger partial charge >= 0.3 is 0 Å². The van der Waals surface area contributed by atoms with Crippen molar-refractivity contribution < 1.29 is 22.7 Å². The largest absolute Gasteiger partial charge is 0.438 e. The van der Waals surface area contributed by atoms with Gasteiger partial charge in [0, 0.05) is 18.6 Å². The molecule has 8 heteroatoms. The van der Waals surface area contributed by atoms with Crippen LogP contribution in [0.1, 0.15) is 38.2 Å². The lowest BCUT2D eigenvalue weighted by Gasteiger charge is -2.19. The summed E-state index contributed by atoms with van der Waals surface area (Å²) in [6.45, 7) is 7.27. The Kier molecular flexibility index (Phi) is 5.54. The topological polar surface area (TPSA) is 99.9 Å². The van der Waals surface area contributed by atoms with Crippen LogP contribution in [0.5, 0.6) is 0 Å². The highest BCUT2D eigenvalue weighted by atomic mass is 32.2. The normalized spacial score (nSPS) is 12.4. The predicted molar refractivity (Wildman–Crippen MR) is 77.4 cm³/mol. The van der Waals surface area contributed by atoms with Gasteiger partial charge in [0.05, 0.1) is 6.61 Å². The minimum absolute atomic E-state index is 0.0698. The average Bonchev–Trinajstić information content (AvgIpc) is 2.82. The standard InChI is InChI=1S/C13H22N2O5S/c1-5-15(8-9-16)12(17)10-6-7-11(20-10)21(18,19)14-13(2,3)4/h6-7,14,16H,5,8-9H2,1-4H3. The highest BCUT2D eigenvalue weighted by molar-refractivity contribution is 7.89. The second-order valence-corrected chi connectivity index (χ2v) is 7.20. The molecule has 0 atom stereocenters. The highest BCUT2D eigenvalue weighted by Gasteiger charge is 2.27. The Morgan fingerprint density at radius 1 is 1.38 bits per heavy atom. The van der Waals surface area contributed by atoms with E-state index in [2.05, 4.69) is 4.72 Å². The van der Waals surface area contributed by atoms with Crippen molar-refractivity contribution in [3.05, 3.63) is 17.9 Å². The number of aliphatic hydroxyl groups excluding tert-OH is 1. The first-order chi connectivity index (χ1) is 9.60. The Hall–Kier alpha value is -1.38. The van der Waals surface area contributed by atoms with Gasteiger partial charge in [0.1, 0.15) is 0 Å². The van der Waals surface area contributed by atoms with Crippen LogP contribution >= 0.6 is 0 Å². The number of nitrogens with one attached hydrogen (secondary N) is 1. The summed E-state index contributed by atoms with van der Waals surface area (Å²) in [6, 6.07) is 2.56. The Labute approximate surface area is 125 Å². The number of likely N-dealkylation sites (N-methyl/N-ethyl adjacent to an activating group) is 1. The van der Waals surface area contributed by atoms with Crippen LogP contribution in [-0.4, -0.2) is 49.6 Å². The molecule has 0 aliphatic carbocycles. The van der Waals surface area contributed by atoms with Gasteiger partial charge in [0.15, 0.2) is 5.76 Å². The van der Waals surface area contributed by atoms with Crippen LogP contribution in [0.2, 0.25) is 0 Å². The first-order valence-electron chi connectivity index (χ1n) is 6.64. The third-order valence-corrected chi connectivity index (χ3v) is 4.17. The minimum atomic E-state index is -3.81. The number of carbonyl (C=O) groups excluding carboxylic acids is 1. The maximum atomic E-state index is 12.1. The monoisotopic (exact) mass is 318 g/mol. The smallest absolute Gasteiger partial charge is 0.289 e. The molecular formula is C13H22N2O5S. The summed E-state index contributed by atoms with van der Waals surface area (Å²) in [6.07, 6.45) is 0. The van der Waals surface area contributed by atoms with Crippen molar-refractivity contribution in [2.45, 2.75) is 38.3 Å². The second-order valence-electron chi connectivity index (χ2n) is 5.58. The summed E-state index contributed by atoms with van der Waals surface area (Å²) in [5.74, 6) is -0.525. The van der Waals surface area contributed by atoms with E-state index in [-0.39, 0.29) is 24.0 Å². The third-order valence-electron chi connectivity index (χ3n) is 2.54. The number of carbonyl (C=O) groups is 1. The van der Waals surface area contributed by atoms with Crippen LogP contribution in [0.25, 0.3) is 0 Å². The Morgan fingerprint density at radius 3 is 2.48 bits per heavy atom. The SMILES string of the molecule is CCN(CCO)C(=O)c1ccc(S(=O)(=O)NC(C)(C)C)o1. The van der Waals surface area contributed by atoms with Gasteiger partial charge in [-0.15, -0.1) is 0 Å². The molecule has 0 aromatic carbocycles. The molecule has 21 heavy (non-hydrogen) atoms. The Balaban J connectivity index is 2.98. The van der Waals surface area contributed by atoms with Crippen molar-refractivity contribution in [3.8, 4) is 0 Å². The summed E-state index contributed by atoms with van der Waals surface area (Å²) in [7, 11) is -3.81. The summed E-state index contributed by atoms with van der Waals surface area (Å²) < 4.78 is 31.8. The van der Waals surface area contributed by atoms with E-state index in [1.165, 1.54) is 17.0 Å². The number of furan rings is 1. The molecule has 1 aromatic rings. The highest BCUT2D eigenvalue weighted by Crippen LogP contribution is 2.17. The Bertz CT molecular complexity index is 586. The van der Waals surface area contributed by atoms with Gasteiger partial charge in [0.2, 0.25) is 5.09 Å². The second kappa shape index (κ2) is 6.59. The molecular weight excluding hydrogens is 296 g/mol. The van der Waals surface area contributed by atoms with E-state index >= 15 is 0 Å². The van der Waals surface area contributed by atoms with Crippen molar-refractivity contribution in [3.63, 3.8) is 0 Å². The van der Waals surface area contributed by atoms with E-state index < -0.39 is 21.5 Å². The fraction of sp³-hybridized carbons (Fsp3) is 0.615. The molecule has 1 heterocycles. The molecule has 2 N–H and O–H groups in total. The average molecular weight is 318 g/mol. The number of nitrogens with zero attached hydrogens (tertiary/aromatic N) is 1. The number of hydrogen-bond acceptors (Lipinski definition) is 5. The fourth-order valence-electron chi connectivity index (χ4n) is 1.71. The predicted octanol–water partition coefficient (Wildman–Crippen LogP) is 0.811. The molecule has 120 valence electrons. The first kappa shape index (κ1) is 17.7. The molecule has 0 spiro atoms. The molecule has 0 aliphatic rings. The molecule has 0 saturated carbocycles. The number of hydrogen-bond donors (Lipinski definition) is 2. The maximum Gasteiger partial charge on any atom is 0.289 e. The molecule has 0 radical (unpaired) electrons. The zero-order chi connectivity index (χ0) is 16.3. The number of amides is 1. The van der Waals surface area contributed by atoms with Crippen LogP contribution in [-0.2, 0) is 10.0 Å². The summed E-state index contributed by atoms with van der Waals surface area (Å²) in [5, 5.41) is 8.59. The van der Waals surface area contributed by atoms with Gasteiger partial charge in [-0.2, -0.15) is 0 Å². The number of aliphatic hydroxyl groups is 1. The molecule has 0 unspecified atom stereocenters. The van der Waals surface area contributed by atoms with E-state index in [0.29, 0.717) is 6.54 Å². The van der Waals surface area contributed by atoms with Crippen LogP contribution in [0, 0.1) is 0 Å². The molecule has 0 aliphatic heterocycles. The summed E-state index contributed by atoms with van der Waals surface area (Å²) in [4.78, 5) is 13.5. The summed E-state index contributed by atoms with van der Waals surface area (Å²) >= 11 is 0. The number of sulfonamides is 1. The summed E-state index contributed by atoms with van der Waals surface area (Å²) in [5.41, 5.74) is -0.651. The van der Waals surface area contributed by atoms with Gasteiger partial charge in [0.25, 0.3) is 15.9 Å². The van der Waals surface area contributed by atoms with Crippen molar-refractivity contribution in [1.29, 1.82) is 0 Å². The van der Waals surface area contributed by atoms with Gasteiger partial charge in [-0.3, -0.25) is 4.79 Å². The molecule has 1 rings (SSSR count). The van der Waals surface area contributed by atoms with Crippen LogP contribution < -0.4 is 4.72 Å². The van der Waals surface area contributed by atoms with Crippen LogP contribution in [0.15, 0.2) is 21.6 Å². The first-order valence-corrected chi connectivity index (χ1v) is 8.13. The Morgan fingerprint density at radius 2 is 2.00 bits per heavy atom. The van der Waals surface area contributed by atoms with Gasteiger partial charge in [-0.25, -0.2) is 13.1 Å². The lowest BCUT2D eigenvalue weighted by atomic mass is 10.1. The lowest BCUT2D eigenvalue weighted by molar-refractivity contribution is 0.0694. The van der Waals surface area contributed by atoms with Gasteiger partial charge in [-0.1, -0.05) is 0 Å². The van der Waals surface area contributed by atoms with Gasteiger partial charge in [-0.05, 0) is 39.8 Å². The van der Waals surface area contributed by atoms with Crippen molar-refractivity contribution in [2.75, 3.05) is 19.7 Å². The van der Waals surface area contributed by atoms with Crippen molar-refractivity contribution >= 4 is 15.9 Å². The fourth-order valence-corrected chi connectivity index (χ4v) is 3.07. The van der Waals surface area contributed by atoms with Gasteiger partial charge < -0.3 is 14.4 Å². The molecule has 0 saturated heterocycles. The van der Waals surface area contributed by atoms with E-state index in [9.17, 15) is 13.2 Å².